The van der Waals surface area contributed by atoms with E-state index in [1.807, 2.05) is 12.2 Å². The Morgan fingerprint density at radius 2 is 2.31 bits per heavy atom. The van der Waals surface area contributed by atoms with Gasteiger partial charge in [0.2, 0.25) is 0 Å². The normalized spacial score (nSPS) is 26.8. The zero-order valence-corrected chi connectivity index (χ0v) is 7.62. The van der Waals surface area contributed by atoms with Gasteiger partial charge in [-0.3, -0.25) is 4.79 Å². The molecule has 0 bridgehead atoms. The minimum Gasteiger partial charge on any atom is -0.461 e. The fourth-order valence-corrected chi connectivity index (χ4v) is 1.61. The Morgan fingerprint density at radius 3 is 3.15 bits per heavy atom. The molecule has 2 rings (SSSR count). The lowest BCUT2D eigenvalue weighted by Crippen LogP contribution is -2.17. The number of hydrogen-bond acceptors (Lipinski definition) is 2. The Hall–Kier alpha value is -1.31. The van der Waals surface area contributed by atoms with Crippen molar-refractivity contribution in [3.8, 4) is 0 Å². The second-order valence-electron chi connectivity index (χ2n) is 3.47. The van der Waals surface area contributed by atoms with Gasteiger partial charge in [-0.1, -0.05) is 31.2 Å². The molecule has 1 aliphatic carbocycles. The van der Waals surface area contributed by atoms with Crippen LogP contribution in [0.2, 0.25) is 0 Å². The predicted octanol–water partition coefficient (Wildman–Crippen LogP) is 1.99. The Balaban J connectivity index is 2.31. The van der Waals surface area contributed by atoms with Crippen molar-refractivity contribution >= 4 is 5.97 Å². The highest BCUT2D eigenvalue weighted by atomic mass is 16.5. The van der Waals surface area contributed by atoms with E-state index in [0.717, 1.165) is 11.1 Å². The average molecular weight is 176 g/mol. The molecular formula is C11H12O2. The summed E-state index contributed by atoms with van der Waals surface area (Å²) < 4.78 is 4.96. The highest BCUT2D eigenvalue weighted by molar-refractivity contribution is 5.76. The topological polar surface area (TPSA) is 26.3 Å². The van der Waals surface area contributed by atoms with Crippen LogP contribution in [0.1, 0.15) is 13.3 Å². The summed E-state index contributed by atoms with van der Waals surface area (Å²) in [6.07, 6.45) is 8.74. The summed E-state index contributed by atoms with van der Waals surface area (Å²) in [7, 11) is 0. The van der Waals surface area contributed by atoms with Crippen molar-refractivity contribution in [2.45, 2.75) is 13.3 Å². The lowest BCUT2D eigenvalue weighted by molar-refractivity contribution is -0.143. The van der Waals surface area contributed by atoms with Gasteiger partial charge in [-0.05, 0) is 17.1 Å². The Bertz CT molecular complexity index is 321. The first-order valence-electron chi connectivity index (χ1n) is 4.50. The van der Waals surface area contributed by atoms with E-state index in [2.05, 4.69) is 19.1 Å². The number of ether oxygens (including phenoxy) is 1. The van der Waals surface area contributed by atoms with E-state index in [1.165, 1.54) is 0 Å². The monoisotopic (exact) mass is 176 g/mol. The van der Waals surface area contributed by atoms with Crippen LogP contribution in [0, 0.1) is 5.92 Å². The second-order valence-corrected chi connectivity index (χ2v) is 3.47. The number of cyclic esters (lactones) is 1. The van der Waals surface area contributed by atoms with Crippen molar-refractivity contribution in [2.75, 3.05) is 6.61 Å². The maximum absolute atomic E-state index is 11.0. The van der Waals surface area contributed by atoms with Crippen molar-refractivity contribution in [2.24, 2.45) is 5.92 Å². The van der Waals surface area contributed by atoms with Gasteiger partial charge in [0.15, 0.2) is 0 Å². The lowest BCUT2D eigenvalue weighted by Gasteiger charge is -2.17. The van der Waals surface area contributed by atoms with Crippen LogP contribution in [0.4, 0.5) is 0 Å². The molecule has 68 valence electrons. The molecule has 0 amide bonds. The van der Waals surface area contributed by atoms with Crippen LogP contribution in [0.3, 0.4) is 0 Å². The van der Waals surface area contributed by atoms with Gasteiger partial charge in [0, 0.05) is 0 Å². The number of rotatable bonds is 0. The van der Waals surface area contributed by atoms with Gasteiger partial charge in [0.1, 0.15) is 6.61 Å². The van der Waals surface area contributed by atoms with Gasteiger partial charge < -0.3 is 4.74 Å². The average Bonchev–Trinajstić information content (AvgIpc) is 2.25. The third kappa shape index (κ3) is 1.72. The van der Waals surface area contributed by atoms with Crippen molar-refractivity contribution in [1.29, 1.82) is 0 Å². The van der Waals surface area contributed by atoms with E-state index in [9.17, 15) is 4.79 Å². The molecule has 0 spiro atoms. The van der Waals surface area contributed by atoms with Crippen molar-refractivity contribution < 1.29 is 9.53 Å². The van der Waals surface area contributed by atoms with Gasteiger partial charge >= 0.3 is 5.97 Å². The first-order valence-corrected chi connectivity index (χ1v) is 4.50. The molecule has 0 saturated carbocycles. The number of fused-ring (bicyclic) bond motifs is 1. The maximum atomic E-state index is 11.0. The van der Waals surface area contributed by atoms with Crippen molar-refractivity contribution in [1.82, 2.24) is 0 Å². The summed E-state index contributed by atoms with van der Waals surface area (Å²) in [6, 6.07) is 0. The molecule has 2 aliphatic rings. The number of allylic oxidation sites excluding steroid dienone is 4. The van der Waals surface area contributed by atoms with Crippen LogP contribution in [-0.4, -0.2) is 12.6 Å². The first kappa shape index (κ1) is 8.30. The third-order valence-corrected chi connectivity index (χ3v) is 2.31. The summed E-state index contributed by atoms with van der Waals surface area (Å²) in [6.45, 7) is 2.54. The molecule has 0 N–H and O–H groups in total. The first-order chi connectivity index (χ1) is 6.25. The molecule has 1 unspecified atom stereocenters. The molecule has 0 aromatic carbocycles. The standard InChI is InChI=1S/C11H12O2/c1-8-3-2-4-9-7-13-11(12)6-10(9)5-8/h2-5,8H,6-7H2,1H3. The van der Waals surface area contributed by atoms with Crippen molar-refractivity contribution in [3.63, 3.8) is 0 Å². The van der Waals surface area contributed by atoms with E-state index in [0.29, 0.717) is 18.9 Å². The summed E-state index contributed by atoms with van der Waals surface area (Å²) in [5, 5.41) is 0. The van der Waals surface area contributed by atoms with Gasteiger partial charge in [-0.2, -0.15) is 0 Å². The summed E-state index contributed by atoms with van der Waals surface area (Å²) >= 11 is 0. The lowest BCUT2D eigenvalue weighted by atomic mass is 9.99. The molecule has 1 heterocycles. The largest absolute Gasteiger partial charge is 0.461 e. The minimum atomic E-state index is -0.113. The molecule has 0 aromatic rings. The van der Waals surface area contributed by atoms with Gasteiger partial charge in [0.25, 0.3) is 0 Å². The van der Waals surface area contributed by atoms with Crippen LogP contribution in [0.25, 0.3) is 0 Å². The molecule has 13 heavy (non-hydrogen) atoms. The van der Waals surface area contributed by atoms with Gasteiger partial charge in [-0.15, -0.1) is 0 Å². The molecule has 1 fully saturated rings. The van der Waals surface area contributed by atoms with Crippen LogP contribution >= 0.6 is 0 Å². The predicted molar refractivity (Wildman–Crippen MR) is 50.0 cm³/mol. The van der Waals surface area contributed by atoms with Gasteiger partial charge in [0.05, 0.1) is 6.42 Å². The summed E-state index contributed by atoms with van der Waals surface area (Å²) in [5.41, 5.74) is 2.27. The third-order valence-electron chi connectivity index (χ3n) is 2.31. The van der Waals surface area contributed by atoms with E-state index in [-0.39, 0.29) is 5.97 Å². The van der Waals surface area contributed by atoms with E-state index < -0.39 is 0 Å². The minimum absolute atomic E-state index is 0.113. The van der Waals surface area contributed by atoms with Gasteiger partial charge in [-0.25, -0.2) is 0 Å². The van der Waals surface area contributed by atoms with Crippen LogP contribution in [0.5, 0.6) is 0 Å². The molecule has 2 nitrogen and oxygen atoms in total. The number of esters is 1. The summed E-state index contributed by atoms with van der Waals surface area (Å²) in [5.74, 6) is 0.298. The number of carbonyl (C=O) groups is 1. The second kappa shape index (κ2) is 3.21. The zero-order chi connectivity index (χ0) is 9.26. The fourth-order valence-electron chi connectivity index (χ4n) is 1.61. The van der Waals surface area contributed by atoms with Crippen molar-refractivity contribution in [3.05, 3.63) is 35.5 Å². The molecule has 1 saturated heterocycles. The quantitative estimate of drug-likeness (QED) is 0.527. The fraction of sp³-hybridized carbons (Fsp3) is 0.364. The Labute approximate surface area is 77.6 Å². The molecule has 0 radical (unpaired) electrons. The molecule has 1 aliphatic heterocycles. The molecular weight excluding hydrogens is 164 g/mol. The maximum Gasteiger partial charge on any atom is 0.310 e. The van der Waals surface area contributed by atoms with Crippen LogP contribution in [-0.2, 0) is 9.53 Å². The van der Waals surface area contributed by atoms with Crippen LogP contribution < -0.4 is 0 Å². The molecule has 1 atom stereocenters. The smallest absolute Gasteiger partial charge is 0.310 e. The van der Waals surface area contributed by atoms with E-state index >= 15 is 0 Å². The zero-order valence-electron chi connectivity index (χ0n) is 7.62. The highest BCUT2D eigenvalue weighted by Gasteiger charge is 2.19. The molecule has 2 heteroatoms. The number of hydrogen-bond donors (Lipinski definition) is 0. The highest BCUT2D eigenvalue weighted by Crippen LogP contribution is 2.25. The van der Waals surface area contributed by atoms with Crippen LogP contribution in [0.15, 0.2) is 35.5 Å². The van der Waals surface area contributed by atoms with E-state index in [1.54, 1.807) is 0 Å². The Morgan fingerprint density at radius 1 is 1.46 bits per heavy atom. The SMILES string of the molecule is CC1C=CC=C2COC(=O)CC2=C1. The summed E-state index contributed by atoms with van der Waals surface area (Å²) in [4.78, 5) is 11.0. The van der Waals surface area contributed by atoms with E-state index in [4.69, 9.17) is 4.74 Å². The molecule has 0 aromatic heterocycles. The Kier molecular flexibility index (Phi) is 2.05. The number of carbonyl (C=O) groups excluding carboxylic acids is 1.